The second-order valence-corrected chi connectivity index (χ2v) is 10.2. The molecule has 1 aromatic carbocycles. The van der Waals surface area contributed by atoms with Crippen molar-refractivity contribution in [1.82, 2.24) is 14.8 Å². The fourth-order valence-corrected chi connectivity index (χ4v) is 6.46. The van der Waals surface area contributed by atoms with Crippen LogP contribution in [0.5, 0.6) is 0 Å². The van der Waals surface area contributed by atoms with Gasteiger partial charge < -0.3 is 5.11 Å². The van der Waals surface area contributed by atoms with E-state index in [1.807, 2.05) is 0 Å². The van der Waals surface area contributed by atoms with E-state index in [2.05, 4.69) is 26.1 Å². The highest BCUT2D eigenvalue weighted by Crippen LogP contribution is 2.45. The molecule has 1 N–H and O–H groups in total. The highest BCUT2D eigenvalue weighted by molar-refractivity contribution is 9.10. The van der Waals surface area contributed by atoms with Gasteiger partial charge in [0.2, 0.25) is 4.73 Å². The molecule has 0 amide bonds. The van der Waals surface area contributed by atoms with E-state index in [-0.39, 0.29) is 0 Å². The van der Waals surface area contributed by atoms with Crippen molar-refractivity contribution in [2.24, 2.45) is 0 Å². The molecule has 2 heterocycles. The van der Waals surface area contributed by atoms with Gasteiger partial charge in [-0.15, -0.1) is 21.5 Å². The Morgan fingerprint density at radius 2 is 1.84 bits per heavy atom. The molecular formula is C20H17BrF3N3O2S2. The van der Waals surface area contributed by atoms with Gasteiger partial charge in [0.05, 0.1) is 5.56 Å². The highest BCUT2D eigenvalue weighted by atomic mass is 79.9. The van der Waals surface area contributed by atoms with Gasteiger partial charge in [0.15, 0.2) is 5.16 Å². The minimum Gasteiger partial charge on any atom is -0.480 e. The molecule has 1 unspecified atom stereocenters. The van der Waals surface area contributed by atoms with E-state index in [1.165, 1.54) is 23.5 Å². The molecule has 5 nitrogen and oxygen atoms in total. The molecule has 0 spiro atoms. The molecule has 0 radical (unpaired) electrons. The lowest BCUT2D eigenvalue weighted by molar-refractivity contribution is -0.138. The Morgan fingerprint density at radius 3 is 2.45 bits per heavy atom. The Balaban J connectivity index is 1.81. The number of nitrogens with zero attached hydrogens (tertiary/aromatic N) is 3. The fourth-order valence-electron chi connectivity index (χ4n) is 3.54. The first-order valence-electron chi connectivity index (χ1n) is 9.49. The third kappa shape index (κ3) is 4.40. The van der Waals surface area contributed by atoms with Crippen molar-refractivity contribution in [3.05, 3.63) is 45.7 Å². The molecule has 2 aromatic heterocycles. The molecule has 0 saturated heterocycles. The summed E-state index contributed by atoms with van der Waals surface area (Å²) in [6, 6.07) is 5.23. The summed E-state index contributed by atoms with van der Waals surface area (Å²) in [5, 5.41) is 18.1. The van der Waals surface area contributed by atoms with Crippen molar-refractivity contribution < 1.29 is 23.1 Å². The summed E-state index contributed by atoms with van der Waals surface area (Å²) in [7, 11) is 0. The molecule has 11 heteroatoms. The number of rotatable bonds is 5. The molecule has 1 aliphatic rings. The molecule has 0 aliphatic heterocycles. The second kappa shape index (κ2) is 8.59. The van der Waals surface area contributed by atoms with E-state index >= 15 is 0 Å². The zero-order valence-electron chi connectivity index (χ0n) is 16.2. The number of hydrogen-bond donors (Lipinski definition) is 1. The maximum atomic E-state index is 13.0. The Morgan fingerprint density at radius 1 is 1.19 bits per heavy atom. The monoisotopic (exact) mass is 531 g/mol. The predicted molar refractivity (Wildman–Crippen MR) is 117 cm³/mol. The summed E-state index contributed by atoms with van der Waals surface area (Å²) < 4.78 is 41.2. The topological polar surface area (TPSA) is 68.0 Å². The lowest BCUT2D eigenvalue weighted by atomic mass is 9.91. The number of alkyl halides is 3. The number of hydrogen-bond acceptors (Lipinski definition) is 5. The minimum absolute atomic E-state index is 0.454. The third-order valence-electron chi connectivity index (χ3n) is 5.10. The summed E-state index contributed by atoms with van der Waals surface area (Å²) in [5.74, 6) is -0.950. The summed E-state index contributed by atoms with van der Waals surface area (Å²) in [4.78, 5) is 12.2. The van der Waals surface area contributed by atoms with Crippen LogP contribution >= 0.6 is 39.0 Å². The number of benzene rings is 1. The van der Waals surface area contributed by atoms with E-state index in [4.69, 9.17) is 0 Å². The molecule has 0 saturated carbocycles. The van der Waals surface area contributed by atoms with Gasteiger partial charge in [-0.3, -0.25) is 9.36 Å². The molecule has 31 heavy (non-hydrogen) atoms. The van der Waals surface area contributed by atoms with Crippen LogP contribution in [-0.4, -0.2) is 31.1 Å². The average molecular weight is 532 g/mol. The number of carboxylic acid groups (broad SMARTS) is 1. The second-order valence-electron chi connectivity index (χ2n) is 7.16. The van der Waals surface area contributed by atoms with E-state index in [0.717, 1.165) is 76.1 Å². The SMILES string of the molecule is CC(Sc1nnc(Br)n1-c1sc(-c2ccc(C(F)(F)F)cc2)c2c1CCCC2)C(=O)O. The molecule has 4 rings (SSSR count). The predicted octanol–water partition coefficient (Wildman–Crippen LogP) is 6.22. The molecule has 0 bridgehead atoms. The fraction of sp³-hybridized carbons (Fsp3) is 0.350. The largest absolute Gasteiger partial charge is 0.480 e. The first-order valence-corrected chi connectivity index (χ1v) is 12.0. The maximum Gasteiger partial charge on any atom is 0.416 e. The van der Waals surface area contributed by atoms with Crippen LogP contribution in [-0.2, 0) is 23.8 Å². The average Bonchev–Trinajstić information content (AvgIpc) is 3.27. The van der Waals surface area contributed by atoms with Crippen molar-refractivity contribution in [3.63, 3.8) is 0 Å². The number of carbonyl (C=O) groups is 1. The van der Waals surface area contributed by atoms with E-state index in [1.54, 1.807) is 11.5 Å². The summed E-state index contributed by atoms with van der Waals surface area (Å²) >= 11 is 5.99. The first-order chi connectivity index (χ1) is 14.7. The van der Waals surface area contributed by atoms with Gasteiger partial charge in [-0.1, -0.05) is 23.9 Å². The lowest BCUT2D eigenvalue weighted by Gasteiger charge is -2.15. The van der Waals surface area contributed by atoms with Gasteiger partial charge in [-0.25, -0.2) is 0 Å². The number of aromatic nitrogens is 3. The quantitative estimate of drug-likeness (QED) is 0.395. The van der Waals surface area contributed by atoms with Crippen molar-refractivity contribution in [3.8, 4) is 15.4 Å². The zero-order valence-corrected chi connectivity index (χ0v) is 19.5. The van der Waals surface area contributed by atoms with Crippen LogP contribution in [0.4, 0.5) is 13.2 Å². The number of fused-ring (bicyclic) bond motifs is 1. The van der Waals surface area contributed by atoms with Crippen molar-refractivity contribution in [2.45, 2.75) is 49.2 Å². The lowest BCUT2D eigenvalue weighted by Crippen LogP contribution is -2.13. The number of carboxylic acids is 1. The standard InChI is InChI=1S/C20H17BrF3N3O2S2/c1-10(17(28)29)30-19-26-25-18(21)27(19)16-14-5-3-2-4-13(14)15(31-16)11-6-8-12(9-7-11)20(22,23)24/h6-10H,2-5H2,1H3,(H,28,29). The summed E-state index contributed by atoms with van der Waals surface area (Å²) in [6.07, 6.45) is -0.672. The Labute approximate surface area is 192 Å². The van der Waals surface area contributed by atoms with Gasteiger partial charge in [0.25, 0.3) is 0 Å². The maximum absolute atomic E-state index is 13.0. The molecule has 164 valence electrons. The normalized spacial score (nSPS) is 15.0. The van der Waals surface area contributed by atoms with Crippen LogP contribution in [0.1, 0.15) is 36.5 Å². The number of thiophene rings is 1. The van der Waals surface area contributed by atoms with Crippen LogP contribution in [0, 0.1) is 0 Å². The van der Waals surface area contributed by atoms with Gasteiger partial charge in [0, 0.05) is 4.88 Å². The van der Waals surface area contributed by atoms with Gasteiger partial charge in [-0.2, -0.15) is 13.2 Å². The zero-order chi connectivity index (χ0) is 22.3. The van der Waals surface area contributed by atoms with Gasteiger partial charge in [-0.05, 0) is 77.4 Å². The van der Waals surface area contributed by atoms with Gasteiger partial charge >= 0.3 is 12.1 Å². The van der Waals surface area contributed by atoms with E-state index in [9.17, 15) is 23.1 Å². The number of halogens is 4. The van der Waals surface area contributed by atoms with Gasteiger partial charge in [0.1, 0.15) is 10.3 Å². The van der Waals surface area contributed by atoms with Crippen LogP contribution in [0.25, 0.3) is 15.4 Å². The van der Waals surface area contributed by atoms with Crippen LogP contribution in [0.2, 0.25) is 0 Å². The minimum atomic E-state index is -4.38. The highest BCUT2D eigenvalue weighted by Gasteiger charge is 2.31. The Kier molecular flexibility index (Phi) is 6.19. The Hall–Kier alpha value is -1.85. The number of thioether (sulfide) groups is 1. The van der Waals surface area contributed by atoms with Crippen LogP contribution in [0.15, 0.2) is 34.2 Å². The molecule has 1 atom stereocenters. The van der Waals surface area contributed by atoms with E-state index in [0.29, 0.717) is 9.89 Å². The smallest absolute Gasteiger partial charge is 0.416 e. The summed E-state index contributed by atoms with van der Waals surface area (Å²) in [6.45, 7) is 1.58. The molecule has 1 aliphatic carbocycles. The molecule has 3 aromatic rings. The third-order valence-corrected chi connectivity index (χ3v) is 7.95. The van der Waals surface area contributed by atoms with E-state index < -0.39 is 23.0 Å². The molecule has 0 fully saturated rings. The van der Waals surface area contributed by atoms with Crippen molar-refractivity contribution in [1.29, 1.82) is 0 Å². The first kappa shape index (κ1) is 22.3. The van der Waals surface area contributed by atoms with Crippen molar-refractivity contribution in [2.75, 3.05) is 0 Å². The Bertz CT molecular complexity index is 1130. The molecular weight excluding hydrogens is 515 g/mol. The summed E-state index contributed by atoms with van der Waals surface area (Å²) in [5.41, 5.74) is 2.31. The van der Waals surface area contributed by atoms with Crippen LogP contribution < -0.4 is 0 Å². The number of aliphatic carboxylic acids is 1. The van der Waals surface area contributed by atoms with Crippen molar-refractivity contribution >= 4 is 45.0 Å². The van der Waals surface area contributed by atoms with Crippen LogP contribution in [0.3, 0.4) is 0 Å².